The number of carbonyl (C=O) groups excluding carboxylic acids is 2. The number of rotatable bonds is 11. The summed E-state index contributed by atoms with van der Waals surface area (Å²) in [5.74, 6) is 1.97. The molecule has 9 nitrogen and oxygen atoms in total. The molecular formula is C38H53IN4O5. The number of hydrogen-bond acceptors (Lipinski definition) is 6. The van der Waals surface area contributed by atoms with Crippen molar-refractivity contribution < 1.29 is 22.5 Å². The molecule has 0 unspecified atom stereocenters. The number of alkyl halides is 2. The van der Waals surface area contributed by atoms with E-state index >= 15 is 0 Å². The molecular weight excluding hydrogens is 719 g/mol. The first kappa shape index (κ1) is 36.2. The molecule has 2 fully saturated rings. The molecule has 262 valence electrons. The van der Waals surface area contributed by atoms with Crippen molar-refractivity contribution in [2.75, 3.05) is 34.0 Å². The Kier molecular flexibility index (Phi) is 12.1. The summed E-state index contributed by atoms with van der Waals surface area (Å²) < 4.78 is 14.8. The Morgan fingerprint density at radius 3 is 2.42 bits per heavy atom. The maximum absolute atomic E-state index is 14.4. The molecule has 48 heavy (non-hydrogen) atoms. The van der Waals surface area contributed by atoms with Crippen LogP contribution < -0.4 is 15.0 Å². The minimum Gasteiger partial charge on any atom is -0.0361 e. The molecule has 1 aromatic heterocycles. The summed E-state index contributed by atoms with van der Waals surface area (Å²) in [4.78, 5) is 28.8. The number of hydrogen-bond donors (Lipinski definition) is 2. The first-order valence-electron chi connectivity index (χ1n) is 17.3. The van der Waals surface area contributed by atoms with Crippen LogP contribution in [0.25, 0.3) is 11.1 Å². The fourth-order valence-corrected chi connectivity index (χ4v) is 11.3. The van der Waals surface area contributed by atoms with Gasteiger partial charge in [-0.2, -0.15) is 0 Å². The van der Waals surface area contributed by atoms with Crippen molar-refractivity contribution in [3.8, 4) is 16.9 Å². The molecule has 1 aliphatic carbocycles. The Bertz CT molecular complexity index is 1530. The predicted molar refractivity (Wildman–Crippen MR) is 200 cm³/mol. The van der Waals surface area contributed by atoms with Crippen LogP contribution in [-0.2, 0) is 7.86 Å². The molecule has 1 saturated carbocycles. The first-order chi connectivity index (χ1) is 22.9. The number of benzene rings is 2. The van der Waals surface area contributed by atoms with Gasteiger partial charge in [0.15, 0.2) is 0 Å². The molecule has 0 atom stereocenters. The summed E-state index contributed by atoms with van der Waals surface area (Å²) in [6.07, 6.45) is 9.37. The van der Waals surface area contributed by atoms with E-state index in [1.807, 2.05) is 16.9 Å². The van der Waals surface area contributed by atoms with E-state index in [4.69, 9.17) is 7.80 Å². The molecule has 1 aliphatic heterocycles. The van der Waals surface area contributed by atoms with Crippen LogP contribution >= 0.6 is 20.2 Å². The summed E-state index contributed by atoms with van der Waals surface area (Å²) in [6, 6.07) is 15.2. The quantitative estimate of drug-likeness (QED) is 0.151. The van der Waals surface area contributed by atoms with Gasteiger partial charge in [-0.3, -0.25) is 0 Å². The summed E-state index contributed by atoms with van der Waals surface area (Å²) in [5.41, 5.74) is 4.60. The van der Waals surface area contributed by atoms with Gasteiger partial charge >= 0.3 is 245 Å². The molecule has 2 amide bonds. The van der Waals surface area contributed by atoms with Crippen LogP contribution in [0, 0.1) is 18.8 Å². The fraction of sp³-hybridized carbons (Fsp3) is 0.553. The Morgan fingerprint density at radius 1 is 1.06 bits per heavy atom. The SMILES string of the molecule is COc1ccc(C2CCC(CN(C(=O)C3CCI(OC(=O)NCC(C)(C)O)CC3)c3cccc(-c4cnn(C(C)C)c4)c3)CC2)cc1C. The average molecular weight is 773 g/mol. The van der Waals surface area contributed by atoms with Crippen molar-refractivity contribution in [1.82, 2.24) is 15.1 Å². The second kappa shape index (κ2) is 16.1. The number of methoxy groups -OCH3 is 1. The molecule has 2 aromatic carbocycles. The first-order valence-corrected chi connectivity index (χ1v) is 21.2. The summed E-state index contributed by atoms with van der Waals surface area (Å²) in [6.45, 7) is 10.5. The van der Waals surface area contributed by atoms with E-state index in [0.29, 0.717) is 18.4 Å². The number of nitrogens with one attached hydrogen (secondary N) is 1. The van der Waals surface area contributed by atoms with Crippen LogP contribution in [0.1, 0.15) is 89.3 Å². The van der Waals surface area contributed by atoms with Crippen molar-refractivity contribution in [1.29, 1.82) is 0 Å². The third-order valence-corrected chi connectivity index (χ3v) is 14.3. The van der Waals surface area contributed by atoms with Crippen molar-refractivity contribution in [3.63, 3.8) is 0 Å². The second-order valence-electron chi connectivity index (χ2n) is 14.3. The van der Waals surface area contributed by atoms with E-state index in [1.165, 1.54) is 11.1 Å². The van der Waals surface area contributed by atoms with Crippen LogP contribution in [0.15, 0.2) is 54.9 Å². The Balaban J connectivity index is 1.28. The van der Waals surface area contributed by atoms with Gasteiger partial charge in [-0.15, -0.1) is 0 Å². The van der Waals surface area contributed by atoms with E-state index < -0.39 is 31.9 Å². The smallest absolute Gasteiger partial charge is 0.0361 e. The number of aromatic nitrogens is 2. The molecule has 0 radical (unpaired) electrons. The van der Waals surface area contributed by atoms with E-state index in [-0.39, 0.29) is 24.4 Å². The topological polar surface area (TPSA) is 106 Å². The molecule has 5 rings (SSSR count). The number of amides is 2. The molecule has 3 aromatic rings. The summed E-state index contributed by atoms with van der Waals surface area (Å²) in [5, 5.41) is 17.1. The number of nitrogens with zero attached hydrogens (tertiary/aromatic N) is 3. The van der Waals surface area contributed by atoms with Gasteiger partial charge in [-0.25, -0.2) is 0 Å². The maximum atomic E-state index is 14.4. The van der Waals surface area contributed by atoms with E-state index in [0.717, 1.165) is 69.9 Å². The zero-order valence-electron chi connectivity index (χ0n) is 29.4. The number of aliphatic hydroxyl groups is 1. The molecule has 0 bridgehead atoms. The van der Waals surface area contributed by atoms with Gasteiger partial charge in [0.25, 0.3) is 0 Å². The second-order valence-corrected chi connectivity index (χ2v) is 19.3. The average Bonchev–Trinajstić information content (AvgIpc) is 3.58. The van der Waals surface area contributed by atoms with E-state index in [9.17, 15) is 14.7 Å². The Morgan fingerprint density at radius 2 is 1.79 bits per heavy atom. The van der Waals surface area contributed by atoms with Gasteiger partial charge in [0.1, 0.15) is 5.75 Å². The molecule has 10 heteroatoms. The number of anilines is 1. The normalized spacial score (nSPS) is 19.6. The van der Waals surface area contributed by atoms with Gasteiger partial charge in [0.2, 0.25) is 0 Å². The number of carbonyl (C=O) groups is 2. The van der Waals surface area contributed by atoms with Crippen LogP contribution in [0.3, 0.4) is 0 Å². The van der Waals surface area contributed by atoms with Crippen molar-refractivity contribution in [2.45, 2.75) is 90.7 Å². The molecule has 2 aliphatic rings. The number of ether oxygens (including phenoxy) is 1. The zero-order chi connectivity index (χ0) is 34.4. The summed E-state index contributed by atoms with van der Waals surface area (Å²) in [7, 11) is 1.72. The van der Waals surface area contributed by atoms with Gasteiger partial charge < -0.3 is 4.74 Å². The van der Waals surface area contributed by atoms with E-state index in [2.05, 4.69) is 78.7 Å². The van der Waals surface area contributed by atoms with Crippen molar-refractivity contribution in [3.05, 3.63) is 66.0 Å². The third-order valence-electron chi connectivity index (χ3n) is 9.60. The fourth-order valence-electron chi connectivity index (χ4n) is 6.74. The van der Waals surface area contributed by atoms with Crippen molar-refractivity contribution >= 4 is 37.9 Å². The van der Waals surface area contributed by atoms with Crippen LogP contribution in [0.4, 0.5) is 10.5 Å². The minimum absolute atomic E-state index is 0.0902. The third kappa shape index (κ3) is 9.52. The number of halogens is 1. The van der Waals surface area contributed by atoms with Gasteiger partial charge in [-0.1, -0.05) is 0 Å². The number of aryl methyl sites for hydroxylation is 1. The minimum atomic E-state index is -1.97. The monoisotopic (exact) mass is 772 g/mol. The molecule has 1 saturated heterocycles. The molecule has 0 spiro atoms. The Hall–Kier alpha value is -3.12. The van der Waals surface area contributed by atoms with Crippen LogP contribution in [-0.4, -0.2) is 61.5 Å². The van der Waals surface area contributed by atoms with Gasteiger partial charge in [-0.05, 0) is 32.4 Å². The zero-order valence-corrected chi connectivity index (χ0v) is 31.5. The standard InChI is InChI=1S/C38H53IN4O5/c1-26(2)43-24-33(22-41-43)31-8-7-9-34(21-31)42(23-28-10-12-29(13-11-28)32-14-15-35(47-6)27(3)20-32)36(44)30-16-18-39(19-17-30)48-37(45)40-25-38(4,5)46/h7-9,14-15,20-22,24,26,28-30,46H,10-13,16-19,23,25H2,1-6H3,(H,40,45). The van der Waals surface area contributed by atoms with Gasteiger partial charge in [0, 0.05) is 0 Å². The molecule has 2 heterocycles. The van der Waals surface area contributed by atoms with E-state index in [1.54, 1.807) is 21.0 Å². The predicted octanol–water partition coefficient (Wildman–Crippen LogP) is 8.08. The summed E-state index contributed by atoms with van der Waals surface area (Å²) >= 11 is -1.97. The van der Waals surface area contributed by atoms with Gasteiger partial charge in [0.05, 0.1) is 7.11 Å². The van der Waals surface area contributed by atoms with Crippen LogP contribution in [0.5, 0.6) is 5.75 Å². The molecule has 2 N–H and O–H groups in total. The Labute approximate surface area is 293 Å². The van der Waals surface area contributed by atoms with Crippen molar-refractivity contribution in [2.24, 2.45) is 11.8 Å². The van der Waals surface area contributed by atoms with Crippen LogP contribution in [0.2, 0.25) is 0 Å².